The van der Waals surface area contributed by atoms with Crippen LogP contribution < -0.4 is 16.0 Å². The fraction of sp³-hybridized carbons (Fsp3) is 0.407. The monoisotopic (exact) mass is 566 g/mol. The van der Waals surface area contributed by atoms with Crippen molar-refractivity contribution < 1.29 is 24.3 Å². The van der Waals surface area contributed by atoms with E-state index in [1.807, 2.05) is 47.8 Å². The van der Waals surface area contributed by atoms with Crippen LogP contribution in [0.2, 0.25) is 0 Å². The van der Waals surface area contributed by atoms with E-state index in [1.165, 1.54) is 5.01 Å². The molecule has 1 aromatic heterocycles. The van der Waals surface area contributed by atoms with Gasteiger partial charge in [-0.1, -0.05) is 36.4 Å². The molecule has 4 rings (SSSR count). The van der Waals surface area contributed by atoms with Gasteiger partial charge < -0.3 is 21.1 Å². The van der Waals surface area contributed by atoms with Crippen LogP contribution in [0, 0.1) is 5.39 Å². The van der Waals surface area contributed by atoms with E-state index in [1.54, 1.807) is 11.3 Å². The van der Waals surface area contributed by atoms with Gasteiger partial charge in [-0.05, 0) is 42.7 Å². The van der Waals surface area contributed by atoms with E-state index in [4.69, 9.17) is 5.39 Å². The van der Waals surface area contributed by atoms with E-state index in [0.717, 1.165) is 21.6 Å². The molecule has 12 nitrogen and oxygen atoms in total. The van der Waals surface area contributed by atoms with Crippen LogP contribution in [0.3, 0.4) is 0 Å². The van der Waals surface area contributed by atoms with Crippen molar-refractivity contribution in [3.05, 3.63) is 75.2 Å². The molecular formula is C27H32N7O5S+. The molecule has 13 heteroatoms. The number of nitrogens with one attached hydrogen (secondary N) is 3. The van der Waals surface area contributed by atoms with E-state index in [0.29, 0.717) is 19.4 Å². The Morgan fingerprint density at radius 2 is 1.98 bits per heavy atom. The summed E-state index contributed by atoms with van der Waals surface area (Å²) in [4.78, 5) is 56.7. The van der Waals surface area contributed by atoms with Gasteiger partial charge >= 0.3 is 12.2 Å². The Labute approximate surface area is 235 Å². The molecule has 3 heterocycles. The summed E-state index contributed by atoms with van der Waals surface area (Å²) in [5.74, 6) is -1.81. The molecule has 3 atom stereocenters. The third-order valence-corrected chi connectivity index (χ3v) is 7.79. The molecule has 0 bridgehead atoms. The smallest absolute Gasteiger partial charge is 0.389 e. The predicted octanol–water partition coefficient (Wildman–Crippen LogP) is 2.47. The van der Waals surface area contributed by atoms with Crippen molar-refractivity contribution in [3.8, 4) is 0 Å². The molecule has 2 aliphatic heterocycles. The number of aliphatic hydroxyl groups excluding tert-OH is 1. The number of aliphatic hydroxyl groups is 1. The lowest BCUT2D eigenvalue weighted by molar-refractivity contribution is -0.176. The lowest BCUT2D eigenvalue weighted by atomic mass is 10.0. The number of hydrazine groups is 1. The van der Waals surface area contributed by atoms with Gasteiger partial charge in [0.05, 0.1) is 6.04 Å². The van der Waals surface area contributed by atoms with Crippen LogP contribution in [0.5, 0.6) is 0 Å². The number of carbonyl (C=O) groups is 4. The Morgan fingerprint density at radius 3 is 2.70 bits per heavy atom. The highest BCUT2D eigenvalue weighted by Crippen LogP contribution is 2.25. The average Bonchev–Trinajstić information content (AvgIpc) is 3.44. The van der Waals surface area contributed by atoms with Gasteiger partial charge in [-0.25, -0.2) is 9.80 Å². The summed E-state index contributed by atoms with van der Waals surface area (Å²) < 4.78 is 0. The number of benzene rings is 1. The van der Waals surface area contributed by atoms with Gasteiger partial charge in [-0.2, -0.15) is 0 Å². The third-order valence-electron chi connectivity index (χ3n) is 6.85. The molecule has 2 aliphatic rings. The van der Waals surface area contributed by atoms with Crippen LogP contribution in [0.1, 0.15) is 36.1 Å². The molecule has 0 aliphatic carbocycles. The van der Waals surface area contributed by atoms with Crippen LogP contribution in [-0.2, 0) is 27.2 Å². The maximum Gasteiger partial charge on any atom is 0.389 e. The molecule has 0 unspecified atom stereocenters. The highest BCUT2D eigenvalue weighted by Gasteiger charge is 2.45. The van der Waals surface area contributed by atoms with E-state index in [2.05, 4.69) is 20.9 Å². The van der Waals surface area contributed by atoms with E-state index in [-0.39, 0.29) is 43.9 Å². The van der Waals surface area contributed by atoms with Crippen molar-refractivity contribution in [2.75, 3.05) is 13.1 Å². The average molecular weight is 567 g/mol. The van der Waals surface area contributed by atoms with Crippen molar-refractivity contribution in [1.29, 1.82) is 5.39 Å². The van der Waals surface area contributed by atoms with Crippen LogP contribution in [-0.4, -0.2) is 70.1 Å². The first-order valence-electron chi connectivity index (χ1n) is 13.1. The summed E-state index contributed by atoms with van der Waals surface area (Å²) >= 11 is 1.59. The molecule has 0 saturated carbocycles. The Hall–Kier alpha value is -4.44. The van der Waals surface area contributed by atoms with Crippen molar-refractivity contribution in [1.82, 2.24) is 26.0 Å². The van der Waals surface area contributed by atoms with Crippen LogP contribution in [0.4, 0.5) is 4.79 Å². The summed E-state index contributed by atoms with van der Waals surface area (Å²) in [5, 5.41) is 31.9. The SMILES string of the molecule is N#[N+]/C=C(\O)[C@H](Cc1ccccc1)NC(=O)[C@@H]1CCCN2C(=O)CC[C@H](NC(=O)NCCc3cccs3)C(=O)N12. The van der Waals surface area contributed by atoms with Gasteiger partial charge in [0.2, 0.25) is 23.0 Å². The molecule has 1 aromatic carbocycles. The fourth-order valence-electron chi connectivity index (χ4n) is 4.87. The molecular weight excluding hydrogens is 534 g/mol. The first kappa shape index (κ1) is 28.6. The molecule has 4 N–H and O–H groups in total. The number of carbonyl (C=O) groups excluding carboxylic acids is 4. The van der Waals surface area contributed by atoms with E-state index < -0.39 is 36.0 Å². The topological polar surface area (TPSA) is 159 Å². The van der Waals surface area contributed by atoms with Crippen molar-refractivity contribution >= 4 is 35.1 Å². The predicted molar refractivity (Wildman–Crippen MR) is 147 cm³/mol. The zero-order valence-corrected chi connectivity index (χ0v) is 22.7. The molecule has 2 aromatic rings. The largest absolute Gasteiger partial charge is 0.504 e. The maximum atomic E-state index is 13.7. The second-order valence-corrected chi connectivity index (χ2v) is 10.6. The van der Waals surface area contributed by atoms with Gasteiger partial charge in [0.25, 0.3) is 5.91 Å². The minimum Gasteiger partial charge on any atom is -0.504 e. The van der Waals surface area contributed by atoms with E-state index >= 15 is 0 Å². The first-order chi connectivity index (χ1) is 19.4. The zero-order chi connectivity index (χ0) is 28.5. The number of diazo groups is 1. The Balaban J connectivity index is 1.46. The van der Waals surface area contributed by atoms with Gasteiger partial charge in [0.15, 0.2) is 4.98 Å². The number of hydrogen-bond acceptors (Lipinski definition) is 7. The Morgan fingerprint density at radius 1 is 1.18 bits per heavy atom. The highest BCUT2D eigenvalue weighted by molar-refractivity contribution is 7.09. The second-order valence-electron chi connectivity index (χ2n) is 9.60. The summed E-state index contributed by atoms with van der Waals surface area (Å²) in [6.07, 6.45) is 2.60. The number of fused-ring (bicyclic) bond motifs is 1. The standard InChI is InChI=1S/C27H31N7O5S/c28-30-17-23(35)21(16-18-6-2-1-3-7-18)31-25(37)22-9-4-14-33-24(36)11-10-20(26(38)34(22)33)32-27(39)29-13-12-19-8-5-15-40-19/h1-3,5-8,15,17,20-22H,4,9-14,16H2,(H3-,29,31,32,35,37,39)/p+1/b23-17-/t20-,21-,22-/m0/s1. The Kier molecular flexibility index (Phi) is 9.69. The van der Waals surface area contributed by atoms with Crippen molar-refractivity contribution in [2.24, 2.45) is 0 Å². The number of amides is 5. The lowest BCUT2D eigenvalue weighted by Gasteiger charge is -2.43. The molecule has 5 amide bonds. The normalized spacial score (nSPS) is 20.1. The van der Waals surface area contributed by atoms with Crippen molar-refractivity contribution in [3.63, 3.8) is 0 Å². The molecule has 2 saturated heterocycles. The van der Waals surface area contributed by atoms with Gasteiger partial charge in [-0.15, -0.1) is 11.3 Å². The number of hydrogen-bond donors (Lipinski definition) is 4. The molecule has 210 valence electrons. The minimum atomic E-state index is -1.04. The fourth-order valence-corrected chi connectivity index (χ4v) is 5.57. The van der Waals surface area contributed by atoms with Crippen LogP contribution in [0.25, 0.3) is 4.98 Å². The summed E-state index contributed by atoms with van der Waals surface area (Å²) in [6, 6.07) is 9.52. The maximum absolute atomic E-state index is 13.7. The summed E-state index contributed by atoms with van der Waals surface area (Å²) in [7, 11) is 0. The number of urea groups is 1. The van der Waals surface area contributed by atoms with Gasteiger partial charge in [-0.3, -0.25) is 19.4 Å². The number of thiophene rings is 1. The van der Waals surface area contributed by atoms with Crippen LogP contribution >= 0.6 is 11.3 Å². The highest BCUT2D eigenvalue weighted by atomic mass is 32.1. The molecule has 2 fully saturated rings. The minimum absolute atomic E-state index is 0.0366. The Bertz CT molecular complexity index is 1280. The van der Waals surface area contributed by atoms with Crippen LogP contribution in [0.15, 0.2) is 59.8 Å². The summed E-state index contributed by atoms with van der Waals surface area (Å²) in [5.41, 5.74) is 0.811. The van der Waals surface area contributed by atoms with E-state index in [9.17, 15) is 24.3 Å². The lowest BCUT2D eigenvalue weighted by Crippen LogP contribution is -2.64. The summed E-state index contributed by atoms with van der Waals surface area (Å²) in [6.45, 7) is 0.656. The quantitative estimate of drug-likeness (QED) is 0.270. The molecule has 40 heavy (non-hydrogen) atoms. The molecule has 0 spiro atoms. The third kappa shape index (κ3) is 7.15. The number of nitrogens with zero attached hydrogens (tertiary/aromatic N) is 4. The first-order valence-corrected chi connectivity index (χ1v) is 14.0. The van der Waals surface area contributed by atoms with Gasteiger partial charge in [0, 0.05) is 30.8 Å². The molecule has 0 radical (unpaired) electrons. The van der Waals surface area contributed by atoms with Crippen molar-refractivity contribution in [2.45, 2.75) is 56.7 Å². The zero-order valence-electron chi connectivity index (χ0n) is 21.9. The van der Waals surface area contributed by atoms with Gasteiger partial charge in [0.1, 0.15) is 12.1 Å². The second kappa shape index (κ2) is 13.6. The number of rotatable bonds is 9.